The number of pyridine rings is 1. The number of ether oxygens (including phenoxy) is 4. The zero-order valence-electron chi connectivity index (χ0n) is 22.9. The summed E-state index contributed by atoms with van der Waals surface area (Å²) in [5, 5.41) is 0.961. The number of nitrogens with zero attached hydrogens (tertiary/aromatic N) is 1. The first-order chi connectivity index (χ1) is 18.6. The average Bonchev–Trinajstić information content (AvgIpc) is 2.91. The van der Waals surface area contributed by atoms with Gasteiger partial charge in [-0.2, -0.15) is 0 Å². The molecule has 0 N–H and O–H groups in total. The topological polar surface area (TPSA) is 101 Å². The van der Waals surface area contributed by atoms with Crippen LogP contribution in [-0.4, -0.2) is 80.9 Å². The van der Waals surface area contributed by atoms with E-state index in [4.69, 9.17) is 18.9 Å². The molecule has 216 valence electrons. The highest BCUT2D eigenvalue weighted by Gasteiger charge is 2.04. The Bertz CT molecular complexity index is 737. The van der Waals surface area contributed by atoms with Crippen LogP contribution in [0.15, 0.2) is 29.4 Å². The lowest BCUT2D eigenvalue weighted by Crippen LogP contribution is -2.13. The van der Waals surface area contributed by atoms with Crippen LogP contribution in [0.3, 0.4) is 0 Å². The lowest BCUT2D eigenvalue weighted by molar-refractivity contribution is -0.120. The van der Waals surface area contributed by atoms with Gasteiger partial charge in [-0.3, -0.25) is 9.59 Å². The smallest absolute Gasteiger partial charge is 0.135 e. The molecule has 0 spiro atoms. The molecule has 0 radical (unpaired) electrons. The molecular formula is C28H45NO7S2. The second kappa shape index (κ2) is 26.0. The van der Waals surface area contributed by atoms with E-state index < -0.39 is 0 Å². The fraction of sp³-hybridized carbons (Fsp3) is 0.714. The molecule has 38 heavy (non-hydrogen) atoms. The van der Waals surface area contributed by atoms with Gasteiger partial charge in [-0.1, -0.05) is 29.7 Å². The van der Waals surface area contributed by atoms with Crippen molar-refractivity contribution >= 4 is 38.9 Å². The third kappa shape index (κ3) is 23.8. The molecule has 8 nitrogen and oxygen atoms in total. The summed E-state index contributed by atoms with van der Waals surface area (Å²) in [6.07, 6.45) is 9.09. The molecule has 1 rings (SSSR count). The Morgan fingerprint density at radius 3 is 1.87 bits per heavy atom. The molecule has 0 aliphatic rings. The normalized spacial score (nSPS) is 11.1. The van der Waals surface area contributed by atoms with E-state index in [2.05, 4.69) is 4.98 Å². The van der Waals surface area contributed by atoms with E-state index in [1.165, 1.54) is 0 Å². The van der Waals surface area contributed by atoms with Gasteiger partial charge in [0.15, 0.2) is 0 Å². The molecule has 0 amide bonds. The number of unbranched alkanes of at least 4 members (excludes halogenated alkanes) is 3. The first-order valence-corrected chi connectivity index (χ1v) is 15.9. The third-order valence-corrected chi connectivity index (χ3v) is 7.63. The van der Waals surface area contributed by atoms with Crippen molar-refractivity contribution in [3.63, 3.8) is 0 Å². The molecule has 0 saturated heterocycles. The summed E-state index contributed by atoms with van der Waals surface area (Å²) in [7, 11) is 3.25. The highest BCUT2D eigenvalue weighted by Crippen LogP contribution is 2.29. The summed E-state index contributed by atoms with van der Waals surface area (Å²) in [5.41, 5.74) is 0. The van der Waals surface area contributed by atoms with Gasteiger partial charge >= 0.3 is 0 Å². The van der Waals surface area contributed by atoms with E-state index in [1.807, 2.05) is 18.2 Å². The summed E-state index contributed by atoms with van der Waals surface area (Å²) in [4.78, 5) is 38.8. The van der Waals surface area contributed by atoms with E-state index in [0.717, 1.165) is 42.9 Å². The molecule has 0 aliphatic carbocycles. The minimum atomic E-state index is 0.227. The number of Topliss-reactive ketones (excluding diaryl/α,β-unsaturated/α-hetero) is 3. The molecule has 0 bridgehead atoms. The van der Waals surface area contributed by atoms with Gasteiger partial charge in [0.25, 0.3) is 0 Å². The van der Waals surface area contributed by atoms with E-state index >= 15 is 0 Å². The van der Waals surface area contributed by atoms with E-state index in [9.17, 15) is 14.4 Å². The summed E-state index contributed by atoms with van der Waals surface area (Å²) < 4.78 is 21.9. The van der Waals surface area contributed by atoms with Gasteiger partial charge in [-0.05, 0) is 49.1 Å². The van der Waals surface area contributed by atoms with Gasteiger partial charge in [0.2, 0.25) is 0 Å². The second-order valence-electron chi connectivity index (χ2n) is 8.82. The molecule has 1 aromatic rings. The minimum absolute atomic E-state index is 0.227. The molecule has 0 fully saturated rings. The van der Waals surface area contributed by atoms with E-state index in [-0.39, 0.29) is 17.3 Å². The van der Waals surface area contributed by atoms with Crippen LogP contribution in [0.1, 0.15) is 71.1 Å². The van der Waals surface area contributed by atoms with Crippen molar-refractivity contribution < 1.29 is 33.3 Å². The second-order valence-corrected chi connectivity index (χ2v) is 11.3. The largest absolute Gasteiger partial charge is 0.379 e. The van der Waals surface area contributed by atoms with E-state index in [1.54, 1.807) is 34.7 Å². The summed E-state index contributed by atoms with van der Waals surface area (Å²) >= 11 is 0. The van der Waals surface area contributed by atoms with Crippen LogP contribution < -0.4 is 0 Å². The highest BCUT2D eigenvalue weighted by atomic mass is 33.1. The first-order valence-electron chi connectivity index (χ1n) is 13.6. The van der Waals surface area contributed by atoms with Crippen molar-refractivity contribution in [1.82, 2.24) is 4.98 Å². The van der Waals surface area contributed by atoms with Gasteiger partial charge in [0.1, 0.15) is 22.4 Å². The molecule has 10 heteroatoms. The quantitative estimate of drug-likeness (QED) is 0.0944. The van der Waals surface area contributed by atoms with Crippen molar-refractivity contribution in [1.29, 1.82) is 0 Å². The monoisotopic (exact) mass is 571 g/mol. The molecule has 1 aromatic heterocycles. The third-order valence-electron chi connectivity index (χ3n) is 5.37. The maximum absolute atomic E-state index is 11.9. The number of hydrogen-bond donors (Lipinski definition) is 0. The lowest BCUT2D eigenvalue weighted by atomic mass is 10.1. The summed E-state index contributed by atoms with van der Waals surface area (Å²) in [6.45, 7) is 5.49. The van der Waals surface area contributed by atoms with Gasteiger partial charge in [-0.15, -0.1) is 0 Å². The van der Waals surface area contributed by atoms with Crippen molar-refractivity contribution in [3.05, 3.63) is 24.4 Å². The van der Waals surface area contributed by atoms with Gasteiger partial charge in [0.05, 0.1) is 46.2 Å². The molecule has 0 aromatic carbocycles. The van der Waals surface area contributed by atoms with E-state index in [0.29, 0.717) is 85.0 Å². The Kier molecular flexibility index (Phi) is 23.7. The number of carbonyl (C=O) groups excluding carboxylic acids is 3. The Labute approximate surface area is 236 Å². The fourth-order valence-corrected chi connectivity index (χ4v) is 5.18. The maximum atomic E-state index is 11.9. The fourth-order valence-electron chi connectivity index (χ4n) is 3.27. The lowest BCUT2D eigenvalue weighted by Gasteiger charge is -2.07. The van der Waals surface area contributed by atoms with Crippen LogP contribution in [0.2, 0.25) is 0 Å². The SMILES string of the molecule is CC(=O)CCCCCCC(=O)CCOCCOCCOCCOCCCC(=O)CCSSc1ccccn1. The average molecular weight is 572 g/mol. The molecule has 0 aliphatic heterocycles. The van der Waals surface area contributed by atoms with Crippen molar-refractivity contribution in [2.45, 2.75) is 76.2 Å². The maximum Gasteiger partial charge on any atom is 0.135 e. The predicted octanol–water partition coefficient (Wildman–Crippen LogP) is 5.52. The Hall–Kier alpha value is -1.30. The Morgan fingerprint density at radius 2 is 1.24 bits per heavy atom. The van der Waals surface area contributed by atoms with Crippen molar-refractivity contribution in [2.24, 2.45) is 0 Å². The zero-order valence-corrected chi connectivity index (χ0v) is 24.5. The standard InChI is InChI=1S/C28H45NO7S2/c1-25(30)9-4-2-3-5-10-26(31)13-17-34-19-21-36-23-22-35-20-18-33-16-8-11-27(32)14-24-37-38-28-12-6-7-15-29-28/h6-7,12,15H,2-5,8-11,13-14,16-24H2,1H3. The first kappa shape index (κ1) is 34.7. The van der Waals surface area contributed by atoms with Crippen LogP contribution in [0.25, 0.3) is 0 Å². The minimum Gasteiger partial charge on any atom is -0.379 e. The van der Waals surface area contributed by atoms with Crippen molar-refractivity contribution in [2.75, 3.05) is 58.6 Å². The van der Waals surface area contributed by atoms with Crippen LogP contribution in [0.5, 0.6) is 0 Å². The van der Waals surface area contributed by atoms with Crippen molar-refractivity contribution in [3.8, 4) is 0 Å². The highest BCUT2D eigenvalue weighted by molar-refractivity contribution is 8.76. The number of ketones is 3. The number of rotatable bonds is 28. The van der Waals surface area contributed by atoms with Crippen LogP contribution >= 0.6 is 21.6 Å². The summed E-state index contributed by atoms with van der Waals surface area (Å²) in [6, 6.07) is 5.80. The van der Waals surface area contributed by atoms with Gasteiger partial charge in [-0.25, -0.2) is 4.98 Å². The number of aromatic nitrogens is 1. The Morgan fingerprint density at radius 1 is 0.658 bits per heavy atom. The molecule has 0 atom stereocenters. The molecule has 0 saturated carbocycles. The summed E-state index contributed by atoms with van der Waals surface area (Å²) in [5.74, 6) is 1.51. The molecule has 0 unspecified atom stereocenters. The van der Waals surface area contributed by atoms with Gasteiger partial charge < -0.3 is 23.7 Å². The van der Waals surface area contributed by atoms with Crippen LogP contribution in [-0.2, 0) is 33.3 Å². The zero-order chi connectivity index (χ0) is 27.5. The number of carbonyl (C=O) groups is 3. The van der Waals surface area contributed by atoms with Crippen LogP contribution in [0.4, 0.5) is 0 Å². The van der Waals surface area contributed by atoms with Gasteiger partial charge in [0, 0.05) is 50.7 Å². The predicted molar refractivity (Wildman–Crippen MR) is 153 cm³/mol. The molecule has 1 heterocycles. The Balaban J connectivity index is 1.74. The number of hydrogen-bond acceptors (Lipinski definition) is 10. The molecular weight excluding hydrogens is 526 g/mol. The van der Waals surface area contributed by atoms with Crippen LogP contribution in [0, 0.1) is 0 Å².